The first-order valence-corrected chi connectivity index (χ1v) is 9.50. The van der Waals surface area contributed by atoms with Crippen LogP contribution in [0.25, 0.3) is 0 Å². The maximum absolute atomic E-state index is 12.3. The van der Waals surface area contributed by atoms with Crippen molar-refractivity contribution in [2.75, 3.05) is 11.9 Å². The highest BCUT2D eigenvalue weighted by atomic mass is 32.1. The van der Waals surface area contributed by atoms with E-state index in [1.54, 1.807) is 57.2 Å². The van der Waals surface area contributed by atoms with Crippen LogP contribution in [0.5, 0.6) is 0 Å². The number of nitrogens with one attached hydrogen (secondary N) is 3. The van der Waals surface area contributed by atoms with Crippen molar-refractivity contribution in [3.8, 4) is 0 Å². The quantitative estimate of drug-likeness (QED) is 0.544. The third kappa shape index (κ3) is 7.87. The monoisotopic (exact) mass is 415 g/mol. The summed E-state index contributed by atoms with van der Waals surface area (Å²) in [6.07, 6.45) is -0.659. The molecule has 0 spiro atoms. The molecule has 2 rings (SSSR count). The van der Waals surface area contributed by atoms with E-state index in [2.05, 4.69) is 28.6 Å². The van der Waals surface area contributed by atoms with Crippen molar-refractivity contribution < 1.29 is 19.1 Å². The van der Waals surface area contributed by atoms with Gasteiger partial charge in [0.25, 0.3) is 5.91 Å². The van der Waals surface area contributed by atoms with Gasteiger partial charge in [-0.3, -0.25) is 9.59 Å². The molecule has 0 fully saturated rings. The minimum atomic E-state index is -0.659. The second kappa shape index (κ2) is 9.97. The van der Waals surface area contributed by atoms with Crippen molar-refractivity contribution in [3.63, 3.8) is 0 Å². The van der Waals surface area contributed by atoms with E-state index in [0.717, 1.165) is 5.56 Å². The number of thiol groups is 1. The molecule has 0 atom stereocenters. The zero-order valence-corrected chi connectivity index (χ0v) is 17.5. The van der Waals surface area contributed by atoms with Crippen molar-refractivity contribution in [1.29, 1.82) is 0 Å². The molecule has 7 nitrogen and oxygen atoms in total. The van der Waals surface area contributed by atoms with Crippen LogP contribution >= 0.6 is 12.6 Å². The molecule has 0 saturated heterocycles. The zero-order chi connectivity index (χ0) is 21.4. The van der Waals surface area contributed by atoms with Crippen molar-refractivity contribution in [2.24, 2.45) is 0 Å². The predicted molar refractivity (Wildman–Crippen MR) is 114 cm³/mol. The Hall–Kier alpha value is -3.00. The smallest absolute Gasteiger partial charge is 0.408 e. The summed E-state index contributed by atoms with van der Waals surface area (Å²) in [7, 11) is 0. The summed E-state index contributed by atoms with van der Waals surface area (Å²) in [4.78, 5) is 36.5. The van der Waals surface area contributed by atoms with Crippen molar-refractivity contribution in [1.82, 2.24) is 10.6 Å². The van der Waals surface area contributed by atoms with Gasteiger partial charge < -0.3 is 20.7 Å². The average molecular weight is 416 g/mol. The Bertz CT molecular complexity index is 893. The van der Waals surface area contributed by atoms with Gasteiger partial charge in [-0.1, -0.05) is 24.3 Å². The number of amides is 3. The molecule has 8 heteroatoms. The number of alkyl carbamates (subject to hydrolysis) is 1. The van der Waals surface area contributed by atoms with E-state index in [0.29, 0.717) is 22.7 Å². The predicted octanol–water partition coefficient (Wildman–Crippen LogP) is 3.37. The van der Waals surface area contributed by atoms with E-state index in [4.69, 9.17) is 4.74 Å². The lowest BCUT2D eigenvalue weighted by atomic mass is 10.1. The molecule has 0 saturated carbocycles. The molecule has 29 heavy (non-hydrogen) atoms. The van der Waals surface area contributed by atoms with Crippen LogP contribution in [0, 0.1) is 0 Å². The van der Waals surface area contributed by atoms with E-state index < -0.39 is 11.7 Å². The van der Waals surface area contributed by atoms with Crippen LogP contribution in [0.2, 0.25) is 0 Å². The summed E-state index contributed by atoms with van der Waals surface area (Å²) in [5.74, 6) is -0.618. The maximum Gasteiger partial charge on any atom is 0.408 e. The Labute approximate surface area is 175 Å². The number of carbonyl (C=O) groups excluding carboxylic acids is 3. The van der Waals surface area contributed by atoms with Crippen molar-refractivity contribution >= 4 is 36.2 Å². The highest BCUT2D eigenvalue weighted by molar-refractivity contribution is 7.80. The Morgan fingerprint density at radius 1 is 1.00 bits per heavy atom. The lowest BCUT2D eigenvalue weighted by Gasteiger charge is -2.19. The maximum atomic E-state index is 12.3. The molecule has 0 heterocycles. The summed E-state index contributed by atoms with van der Waals surface area (Å²) >= 11 is 4.28. The van der Waals surface area contributed by atoms with Gasteiger partial charge in [0.15, 0.2) is 0 Å². The minimum absolute atomic E-state index is 0.214. The number of hydrogen-bond donors (Lipinski definition) is 4. The van der Waals surface area contributed by atoms with Crippen LogP contribution < -0.4 is 16.0 Å². The zero-order valence-electron chi connectivity index (χ0n) is 16.6. The number of benzene rings is 2. The van der Waals surface area contributed by atoms with Gasteiger partial charge >= 0.3 is 6.09 Å². The molecular weight excluding hydrogens is 390 g/mol. The highest BCUT2D eigenvalue weighted by Gasteiger charge is 2.16. The van der Waals surface area contributed by atoms with Crippen LogP contribution in [-0.2, 0) is 16.1 Å². The van der Waals surface area contributed by atoms with Gasteiger partial charge in [-0.2, -0.15) is 0 Å². The third-order valence-electron chi connectivity index (χ3n) is 3.60. The Balaban J connectivity index is 1.86. The number of anilines is 1. The van der Waals surface area contributed by atoms with E-state index in [1.807, 2.05) is 12.1 Å². The van der Waals surface area contributed by atoms with Gasteiger partial charge in [0.1, 0.15) is 12.1 Å². The van der Waals surface area contributed by atoms with Gasteiger partial charge in [-0.15, -0.1) is 12.6 Å². The number of rotatable bonds is 6. The van der Waals surface area contributed by atoms with Crippen LogP contribution in [-0.4, -0.2) is 30.1 Å². The van der Waals surface area contributed by atoms with Gasteiger partial charge in [0, 0.05) is 17.1 Å². The molecular formula is C21H25N3O4S. The molecule has 0 aliphatic carbocycles. The molecule has 0 unspecified atom stereocenters. The first-order chi connectivity index (χ1) is 13.6. The summed E-state index contributed by atoms with van der Waals surface area (Å²) in [5, 5.41) is 7.92. The standard InChI is InChI=1S/C21H25N3O4S/c1-21(2,3)28-20(27)23-13-18(25)24-15-8-6-7-14(11-15)12-22-19(26)16-9-4-5-10-17(16)29/h4-11,29H,12-13H2,1-3H3,(H,22,26)(H,23,27)(H,24,25). The van der Waals surface area contributed by atoms with E-state index in [1.165, 1.54) is 0 Å². The van der Waals surface area contributed by atoms with Crippen LogP contribution in [0.4, 0.5) is 10.5 Å². The molecule has 0 aliphatic heterocycles. The van der Waals surface area contributed by atoms with Gasteiger partial charge in [0.05, 0.1) is 5.56 Å². The summed E-state index contributed by atoms with van der Waals surface area (Å²) in [6, 6.07) is 14.1. The van der Waals surface area contributed by atoms with Crippen molar-refractivity contribution in [2.45, 2.75) is 37.8 Å². The molecule has 0 bridgehead atoms. The normalized spacial score (nSPS) is 10.8. The lowest BCUT2D eigenvalue weighted by Crippen LogP contribution is -2.37. The first-order valence-electron chi connectivity index (χ1n) is 9.06. The fourth-order valence-corrected chi connectivity index (χ4v) is 2.64. The summed E-state index contributed by atoms with van der Waals surface area (Å²) < 4.78 is 5.08. The van der Waals surface area contributed by atoms with E-state index in [9.17, 15) is 14.4 Å². The topological polar surface area (TPSA) is 96.5 Å². The summed E-state index contributed by atoms with van der Waals surface area (Å²) in [6.45, 7) is 5.30. The number of ether oxygens (including phenoxy) is 1. The lowest BCUT2D eigenvalue weighted by molar-refractivity contribution is -0.115. The molecule has 2 aromatic carbocycles. The molecule has 0 aromatic heterocycles. The van der Waals surface area contributed by atoms with E-state index >= 15 is 0 Å². The fraction of sp³-hybridized carbons (Fsp3) is 0.286. The SMILES string of the molecule is CC(C)(C)OC(=O)NCC(=O)Nc1cccc(CNC(=O)c2ccccc2S)c1. The van der Waals surface area contributed by atoms with Crippen LogP contribution in [0.1, 0.15) is 36.7 Å². The van der Waals surface area contributed by atoms with Crippen LogP contribution in [0.3, 0.4) is 0 Å². The minimum Gasteiger partial charge on any atom is -0.444 e. The van der Waals surface area contributed by atoms with Crippen LogP contribution in [0.15, 0.2) is 53.4 Å². The number of carbonyl (C=O) groups is 3. The van der Waals surface area contributed by atoms with E-state index in [-0.39, 0.29) is 18.4 Å². The molecule has 0 radical (unpaired) electrons. The third-order valence-corrected chi connectivity index (χ3v) is 3.99. The molecule has 0 aliphatic rings. The highest BCUT2D eigenvalue weighted by Crippen LogP contribution is 2.14. The fourth-order valence-electron chi connectivity index (χ4n) is 2.37. The Kier molecular flexibility index (Phi) is 7.67. The largest absolute Gasteiger partial charge is 0.444 e. The first kappa shape index (κ1) is 22.3. The second-order valence-electron chi connectivity index (χ2n) is 7.30. The molecule has 2 aromatic rings. The molecule has 154 valence electrons. The average Bonchev–Trinajstić information content (AvgIpc) is 2.64. The molecule has 3 amide bonds. The Morgan fingerprint density at radius 3 is 2.41 bits per heavy atom. The van der Waals surface area contributed by atoms with Crippen molar-refractivity contribution in [3.05, 3.63) is 59.7 Å². The van der Waals surface area contributed by atoms with Gasteiger partial charge in [0.2, 0.25) is 5.91 Å². The summed E-state index contributed by atoms with van der Waals surface area (Å²) in [5.41, 5.74) is 1.23. The Morgan fingerprint density at radius 2 is 1.72 bits per heavy atom. The number of hydrogen-bond acceptors (Lipinski definition) is 5. The molecule has 3 N–H and O–H groups in total. The van der Waals surface area contributed by atoms with Gasteiger partial charge in [-0.05, 0) is 50.6 Å². The second-order valence-corrected chi connectivity index (χ2v) is 7.79. The van der Waals surface area contributed by atoms with Gasteiger partial charge in [-0.25, -0.2) is 4.79 Å².